The van der Waals surface area contributed by atoms with Crippen molar-refractivity contribution in [1.29, 1.82) is 0 Å². The zero-order valence-electron chi connectivity index (χ0n) is 9.26. The number of rotatable bonds is 6. The van der Waals surface area contributed by atoms with Crippen molar-refractivity contribution in [3.8, 4) is 0 Å². The lowest BCUT2D eigenvalue weighted by atomic mass is 10.3. The Morgan fingerprint density at radius 3 is 2.47 bits per heavy atom. The Labute approximate surface area is 104 Å². The van der Waals surface area contributed by atoms with Crippen LogP contribution in [0.25, 0.3) is 0 Å². The van der Waals surface area contributed by atoms with Gasteiger partial charge in [0.15, 0.2) is 0 Å². The third-order valence-electron chi connectivity index (χ3n) is 2.28. The topological polar surface area (TPSA) is 83.7 Å². The molecule has 0 radical (unpaired) electrons. The summed E-state index contributed by atoms with van der Waals surface area (Å²) >= 11 is 5.69. The molecule has 0 aromatic heterocycles. The fourth-order valence-electron chi connectivity index (χ4n) is 1.34. The van der Waals surface area contributed by atoms with Crippen LogP contribution in [0.4, 0.5) is 0 Å². The molecule has 0 saturated heterocycles. The van der Waals surface area contributed by atoms with E-state index in [0.717, 1.165) is 9.32 Å². The van der Waals surface area contributed by atoms with Crippen molar-refractivity contribution in [3.63, 3.8) is 0 Å². The fraction of sp³-hybridized carbons (Fsp3) is 0.500. The third-order valence-corrected chi connectivity index (χ3v) is 2.64. The zero-order chi connectivity index (χ0) is 12.8. The molecule has 1 heterocycles. The van der Waals surface area contributed by atoms with Crippen molar-refractivity contribution in [2.45, 2.75) is 12.8 Å². The number of hydrogen-bond donors (Lipinski definition) is 1. The van der Waals surface area contributed by atoms with Gasteiger partial charge < -0.3 is 5.73 Å². The van der Waals surface area contributed by atoms with Crippen molar-refractivity contribution < 1.29 is 14.4 Å². The molecule has 0 aromatic rings. The summed E-state index contributed by atoms with van der Waals surface area (Å²) < 4.78 is 1.03. The molecule has 0 aromatic carbocycles. The van der Waals surface area contributed by atoms with Crippen LogP contribution in [0, 0.1) is 0 Å². The molecule has 0 unspecified atom stereocenters. The quantitative estimate of drug-likeness (QED) is 0.521. The van der Waals surface area contributed by atoms with Crippen LogP contribution in [-0.4, -0.2) is 46.7 Å². The fourth-order valence-corrected chi connectivity index (χ4v) is 1.54. The first-order valence-electron chi connectivity index (χ1n) is 5.26. The van der Waals surface area contributed by atoms with Gasteiger partial charge in [0.1, 0.15) is 0 Å². The number of nitrogens with zero attached hydrogens (tertiary/aromatic N) is 2. The molecule has 6 nitrogen and oxygen atoms in total. The molecule has 1 rings (SSSR count). The van der Waals surface area contributed by atoms with Crippen molar-refractivity contribution in [3.05, 3.63) is 12.2 Å². The first kappa shape index (κ1) is 13.7. The largest absolute Gasteiger partial charge is 0.330 e. The monoisotopic (exact) mass is 259 g/mol. The maximum absolute atomic E-state index is 11.5. The molecule has 0 bridgehead atoms. The minimum absolute atomic E-state index is 0.0211. The smallest absolute Gasteiger partial charge is 0.253 e. The molecule has 0 spiro atoms. The van der Waals surface area contributed by atoms with Crippen LogP contribution < -0.4 is 5.73 Å². The van der Waals surface area contributed by atoms with Gasteiger partial charge in [-0.3, -0.25) is 23.7 Å². The van der Waals surface area contributed by atoms with Crippen molar-refractivity contribution in [2.75, 3.05) is 19.6 Å². The first-order valence-corrected chi connectivity index (χ1v) is 5.60. The maximum Gasteiger partial charge on any atom is 0.253 e. The van der Waals surface area contributed by atoms with E-state index in [-0.39, 0.29) is 18.9 Å². The average Bonchev–Trinajstić information content (AvgIpc) is 2.63. The van der Waals surface area contributed by atoms with E-state index in [0.29, 0.717) is 19.5 Å². The Balaban J connectivity index is 2.33. The zero-order valence-corrected chi connectivity index (χ0v) is 10.0. The lowest BCUT2D eigenvalue weighted by molar-refractivity contribution is -0.137. The normalized spacial score (nSPS) is 14.6. The second kappa shape index (κ2) is 6.36. The van der Waals surface area contributed by atoms with E-state index >= 15 is 0 Å². The van der Waals surface area contributed by atoms with Crippen molar-refractivity contribution in [1.82, 2.24) is 9.32 Å². The van der Waals surface area contributed by atoms with Gasteiger partial charge in [0.25, 0.3) is 11.8 Å². The second-order valence-electron chi connectivity index (χ2n) is 3.53. The van der Waals surface area contributed by atoms with Crippen LogP contribution in [0.3, 0.4) is 0 Å². The van der Waals surface area contributed by atoms with Crippen LogP contribution in [0.15, 0.2) is 12.2 Å². The van der Waals surface area contributed by atoms with Crippen molar-refractivity contribution >= 4 is 29.5 Å². The van der Waals surface area contributed by atoms with E-state index in [4.69, 9.17) is 17.5 Å². The first-order chi connectivity index (χ1) is 8.06. The molecule has 1 aliphatic heterocycles. The van der Waals surface area contributed by atoms with Gasteiger partial charge in [0, 0.05) is 43.4 Å². The maximum atomic E-state index is 11.5. The Bertz CT molecular complexity index is 339. The minimum atomic E-state index is -0.397. The number of halogens is 1. The summed E-state index contributed by atoms with van der Waals surface area (Å²) in [6.45, 7) is 0.857. The predicted molar refractivity (Wildman–Crippen MR) is 61.7 cm³/mol. The molecule has 1 aliphatic rings. The molecule has 94 valence electrons. The number of imide groups is 1. The van der Waals surface area contributed by atoms with Gasteiger partial charge in [-0.05, 0) is 13.0 Å². The summed E-state index contributed by atoms with van der Waals surface area (Å²) in [4.78, 5) is 34.9. The number of amides is 3. The molecule has 2 N–H and O–H groups in total. The number of carbonyl (C=O) groups excluding carboxylic acids is 3. The molecule has 7 heteroatoms. The van der Waals surface area contributed by atoms with E-state index in [1.807, 2.05) is 0 Å². The van der Waals surface area contributed by atoms with Gasteiger partial charge in [-0.15, -0.1) is 0 Å². The minimum Gasteiger partial charge on any atom is -0.330 e. The molecular weight excluding hydrogens is 246 g/mol. The van der Waals surface area contributed by atoms with Gasteiger partial charge in [0.05, 0.1) is 0 Å². The van der Waals surface area contributed by atoms with E-state index in [2.05, 4.69) is 0 Å². The molecule has 17 heavy (non-hydrogen) atoms. The van der Waals surface area contributed by atoms with Crippen LogP contribution >= 0.6 is 11.8 Å². The van der Waals surface area contributed by atoms with Gasteiger partial charge in [0.2, 0.25) is 5.91 Å². The molecule has 0 fully saturated rings. The summed E-state index contributed by atoms with van der Waals surface area (Å²) in [6, 6.07) is 0. The highest BCUT2D eigenvalue weighted by Crippen LogP contribution is 2.06. The lowest BCUT2D eigenvalue weighted by Crippen LogP contribution is -2.34. The molecule has 3 amide bonds. The second-order valence-corrected chi connectivity index (χ2v) is 3.94. The molecule has 0 aliphatic carbocycles. The number of nitrogens with two attached hydrogens (primary N) is 1. The predicted octanol–water partition coefficient (Wildman–Crippen LogP) is -0.367. The summed E-state index contributed by atoms with van der Waals surface area (Å²) in [5.41, 5.74) is 5.28. The number of carbonyl (C=O) groups is 3. The summed E-state index contributed by atoms with van der Waals surface area (Å²) in [5, 5.41) is 0. The van der Waals surface area contributed by atoms with E-state index in [1.54, 1.807) is 0 Å². The standard InChI is InChI=1S/C10H14ClN3O3/c11-14(6-1-5-12)10(17)4-7-13-8(15)2-3-9(13)16/h2-3H,1,4-7,12H2. The van der Waals surface area contributed by atoms with Crippen molar-refractivity contribution in [2.24, 2.45) is 5.73 Å². The number of hydrogen-bond acceptors (Lipinski definition) is 4. The third kappa shape index (κ3) is 3.83. The van der Waals surface area contributed by atoms with Crippen LogP contribution in [0.1, 0.15) is 12.8 Å². The SMILES string of the molecule is NCCCN(Cl)C(=O)CCN1C(=O)C=CC1=O. The van der Waals surface area contributed by atoms with E-state index < -0.39 is 11.8 Å². The Kier molecular flexibility index (Phi) is 5.11. The summed E-state index contributed by atoms with van der Waals surface area (Å²) in [6.07, 6.45) is 2.99. The Morgan fingerprint density at radius 1 is 1.35 bits per heavy atom. The van der Waals surface area contributed by atoms with Crippen LogP contribution in [-0.2, 0) is 14.4 Å². The Hall–Kier alpha value is -1.40. The van der Waals surface area contributed by atoms with Gasteiger partial charge >= 0.3 is 0 Å². The molecule has 0 atom stereocenters. The summed E-state index contributed by atoms with van der Waals surface area (Å²) in [5.74, 6) is -1.12. The van der Waals surface area contributed by atoms with Crippen LogP contribution in [0.5, 0.6) is 0 Å². The van der Waals surface area contributed by atoms with Gasteiger partial charge in [-0.25, -0.2) is 0 Å². The van der Waals surface area contributed by atoms with E-state index in [1.165, 1.54) is 12.2 Å². The van der Waals surface area contributed by atoms with Gasteiger partial charge in [-0.1, -0.05) is 0 Å². The highest BCUT2D eigenvalue weighted by molar-refractivity contribution is 6.21. The average molecular weight is 260 g/mol. The Morgan fingerprint density at radius 2 is 1.94 bits per heavy atom. The highest BCUT2D eigenvalue weighted by Gasteiger charge is 2.24. The lowest BCUT2D eigenvalue weighted by Gasteiger charge is -2.16. The molecule has 0 saturated carbocycles. The van der Waals surface area contributed by atoms with E-state index in [9.17, 15) is 14.4 Å². The molecular formula is C10H14ClN3O3. The van der Waals surface area contributed by atoms with Gasteiger partial charge in [-0.2, -0.15) is 0 Å². The van der Waals surface area contributed by atoms with Crippen LogP contribution in [0.2, 0.25) is 0 Å². The highest BCUT2D eigenvalue weighted by atomic mass is 35.5. The summed E-state index contributed by atoms with van der Waals surface area (Å²) in [7, 11) is 0.